The second-order valence-corrected chi connectivity index (χ2v) is 4.12. The predicted octanol–water partition coefficient (Wildman–Crippen LogP) is 2.03. The maximum absolute atomic E-state index is 11.9. The lowest BCUT2D eigenvalue weighted by Crippen LogP contribution is -2.17. The van der Waals surface area contributed by atoms with E-state index >= 15 is 0 Å². The van der Waals surface area contributed by atoms with Crippen LogP contribution in [-0.2, 0) is 6.42 Å². The van der Waals surface area contributed by atoms with Gasteiger partial charge in [0.15, 0.2) is 0 Å². The maximum atomic E-state index is 11.9. The first-order chi connectivity index (χ1) is 7.67. The van der Waals surface area contributed by atoms with Crippen LogP contribution in [0.3, 0.4) is 0 Å². The average Bonchev–Trinajstić information content (AvgIpc) is 2.33. The molecule has 0 N–H and O–H groups in total. The Hall–Kier alpha value is -1.36. The van der Waals surface area contributed by atoms with Crippen LogP contribution in [0.1, 0.15) is 12.6 Å². The minimum atomic E-state index is -0.0931. The minimum Gasteiger partial charge on any atom is -0.497 e. The third-order valence-corrected chi connectivity index (χ3v) is 3.18. The average molecular weight is 283 g/mol. The molecule has 0 radical (unpaired) electrons. The summed E-state index contributed by atoms with van der Waals surface area (Å²) in [7, 11) is 1.59. The lowest BCUT2D eigenvalue weighted by molar-refractivity contribution is 0.414. The number of nitrogens with zero attached hydrogens (tertiary/aromatic N) is 2. The number of fused-ring (bicyclic) bond motifs is 1. The molecule has 0 aliphatic heterocycles. The number of hydrogen-bond acceptors (Lipinski definition) is 3. The molecule has 0 saturated heterocycles. The zero-order valence-corrected chi connectivity index (χ0v) is 10.6. The van der Waals surface area contributed by atoms with Gasteiger partial charge in [-0.05, 0) is 28.4 Å². The minimum absolute atomic E-state index is 0.0931. The number of pyridine rings is 1. The fraction of sp³-hybridized carbons (Fsp3) is 0.273. The van der Waals surface area contributed by atoms with Gasteiger partial charge in [-0.1, -0.05) is 6.92 Å². The van der Waals surface area contributed by atoms with Crippen molar-refractivity contribution in [2.45, 2.75) is 13.3 Å². The Morgan fingerprint density at radius 2 is 2.31 bits per heavy atom. The van der Waals surface area contributed by atoms with Crippen molar-refractivity contribution in [2.75, 3.05) is 7.11 Å². The summed E-state index contributed by atoms with van der Waals surface area (Å²) in [6.45, 7) is 1.96. The molecule has 0 spiro atoms. The zero-order chi connectivity index (χ0) is 11.7. The third-order valence-electron chi connectivity index (χ3n) is 2.39. The molecule has 4 nitrogen and oxygen atoms in total. The van der Waals surface area contributed by atoms with Gasteiger partial charge in [-0.3, -0.25) is 9.20 Å². The molecule has 84 valence electrons. The topological polar surface area (TPSA) is 43.6 Å². The van der Waals surface area contributed by atoms with Crippen molar-refractivity contribution in [1.82, 2.24) is 9.38 Å². The van der Waals surface area contributed by atoms with Crippen LogP contribution in [0.4, 0.5) is 0 Å². The van der Waals surface area contributed by atoms with Gasteiger partial charge >= 0.3 is 0 Å². The van der Waals surface area contributed by atoms with E-state index in [0.717, 1.165) is 5.69 Å². The molecule has 0 aromatic carbocycles. The Bertz CT molecular complexity index is 592. The van der Waals surface area contributed by atoms with Gasteiger partial charge in [-0.2, -0.15) is 0 Å². The summed E-state index contributed by atoms with van der Waals surface area (Å²) in [5, 5.41) is 0. The van der Waals surface area contributed by atoms with Crippen LogP contribution < -0.4 is 10.3 Å². The number of aromatic nitrogens is 2. The third kappa shape index (κ3) is 1.71. The van der Waals surface area contributed by atoms with E-state index in [-0.39, 0.29) is 5.56 Å². The molecule has 2 aromatic rings. The Labute approximate surface area is 101 Å². The summed E-state index contributed by atoms with van der Waals surface area (Å²) in [4.78, 5) is 16.3. The van der Waals surface area contributed by atoms with Crippen LogP contribution >= 0.6 is 15.9 Å². The maximum Gasteiger partial charge on any atom is 0.272 e. The highest BCUT2D eigenvalue weighted by Gasteiger charge is 2.08. The predicted molar refractivity (Wildman–Crippen MR) is 65.1 cm³/mol. The summed E-state index contributed by atoms with van der Waals surface area (Å²) < 4.78 is 7.12. The van der Waals surface area contributed by atoms with Gasteiger partial charge in [0.25, 0.3) is 5.56 Å². The molecular formula is C11H11BrN2O2. The van der Waals surface area contributed by atoms with Crippen LogP contribution in [0.15, 0.2) is 27.6 Å². The molecule has 5 heteroatoms. The first-order valence-electron chi connectivity index (χ1n) is 4.92. The van der Waals surface area contributed by atoms with Crippen molar-refractivity contribution in [3.63, 3.8) is 0 Å². The lowest BCUT2D eigenvalue weighted by atomic mass is 10.3. The standard InChI is InChI=1S/C11H11BrN2O2/c1-3-8-10(12)11(15)14-5-4-7(16-2)6-9(14)13-8/h4-6H,3H2,1-2H3. The Morgan fingerprint density at radius 3 is 2.94 bits per heavy atom. The highest BCUT2D eigenvalue weighted by molar-refractivity contribution is 9.10. The molecule has 0 bridgehead atoms. The lowest BCUT2D eigenvalue weighted by Gasteiger charge is -2.06. The smallest absolute Gasteiger partial charge is 0.272 e. The van der Waals surface area contributed by atoms with Crippen LogP contribution in [-0.4, -0.2) is 16.5 Å². The number of rotatable bonds is 2. The molecule has 0 amide bonds. The van der Waals surface area contributed by atoms with Crippen LogP contribution in [0.2, 0.25) is 0 Å². The Morgan fingerprint density at radius 1 is 1.56 bits per heavy atom. The SMILES string of the molecule is CCc1nc2cc(OC)ccn2c(=O)c1Br. The molecule has 0 atom stereocenters. The second-order valence-electron chi connectivity index (χ2n) is 3.33. The van der Waals surface area contributed by atoms with Gasteiger partial charge in [0.05, 0.1) is 12.8 Å². The van der Waals surface area contributed by atoms with E-state index in [2.05, 4.69) is 20.9 Å². The van der Waals surface area contributed by atoms with Gasteiger partial charge in [0, 0.05) is 12.3 Å². The monoisotopic (exact) mass is 282 g/mol. The van der Waals surface area contributed by atoms with Crippen molar-refractivity contribution in [3.05, 3.63) is 38.9 Å². The second kappa shape index (κ2) is 4.25. The van der Waals surface area contributed by atoms with Crippen LogP contribution in [0.5, 0.6) is 5.75 Å². The molecular weight excluding hydrogens is 272 g/mol. The summed E-state index contributed by atoms with van der Waals surface area (Å²) >= 11 is 3.27. The summed E-state index contributed by atoms with van der Waals surface area (Å²) in [5.74, 6) is 0.691. The van der Waals surface area contributed by atoms with Crippen LogP contribution in [0, 0.1) is 0 Å². The van der Waals surface area contributed by atoms with E-state index < -0.39 is 0 Å². The first kappa shape index (κ1) is 11.1. The summed E-state index contributed by atoms with van der Waals surface area (Å²) in [6.07, 6.45) is 2.37. The van der Waals surface area contributed by atoms with Crippen molar-refractivity contribution in [1.29, 1.82) is 0 Å². The largest absolute Gasteiger partial charge is 0.497 e. The number of ether oxygens (including phenoxy) is 1. The number of aryl methyl sites for hydroxylation is 1. The Kier molecular flexibility index (Phi) is 2.96. The molecule has 0 unspecified atom stereocenters. The molecule has 0 aliphatic carbocycles. The van der Waals surface area contributed by atoms with Gasteiger partial charge in [0.2, 0.25) is 0 Å². The molecule has 2 aromatic heterocycles. The van der Waals surface area contributed by atoms with E-state index in [1.807, 2.05) is 6.92 Å². The summed E-state index contributed by atoms with van der Waals surface area (Å²) in [6, 6.07) is 3.47. The number of hydrogen-bond donors (Lipinski definition) is 0. The zero-order valence-electron chi connectivity index (χ0n) is 9.03. The Balaban J connectivity index is 2.82. The highest BCUT2D eigenvalue weighted by Crippen LogP contribution is 2.15. The van der Waals surface area contributed by atoms with Gasteiger partial charge in [-0.15, -0.1) is 0 Å². The van der Waals surface area contributed by atoms with Crippen LogP contribution in [0.25, 0.3) is 5.65 Å². The normalized spacial score (nSPS) is 10.7. The molecule has 0 aliphatic rings. The van der Waals surface area contributed by atoms with Crippen molar-refractivity contribution >= 4 is 21.6 Å². The molecule has 16 heavy (non-hydrogen) atoms. The van der Waals surface area contributed by atoms with E-state index in [1.165, 1.54) is 4.40 Å². The van der Waals surface area contributed by atoms with E-state index in [4.69, 9.17) is 4.74 Å². The van der Waals surface area contributed by atoms with Crippen molar-refractivity contribution in [3.8, 4) is 5.75 Å². The van der Waals surface area contributed by atoms with E-state index in [1.54, 1.807) is 25.4 Å². The number of halogens is 1. The molecule has 0 saturated carbocycles. The van der Waals surface area contributed by atoms with E-state index in [9.17, 15) is 4.79 Å². The van der Waals surface area contributed by atoms with Gasteiger partial charge in [0.1, 0.15) is 15.9 Å². The molecule has 0 fully saturated rings. The quantitative estimate of drug-likeness (QED) is 0.847. The molecule has 2 heterocycles. The summed E-state index contributed by atoms with van der Waals surface area (Å²) in [5.41, 5.74) is 1.27. The van der Waals surface area contributed by atoms with E-state index in [0.29, 0.717) is 22.3 Å². The van der Waals surface area contributed by atoms with Crippen molar-refractivity contribution in [2.24, 2.45) is 0 Å². The van der Waals surface area contributed by atoms with Gasteiger partial charge < -0.3 is 4.74 Å². The number of methoxy groups -OCH3 is 1. The highest BCUT2D eigenvalue weighted by atomic mass is 79.9. The molecule has 2 rings (SSSR count). The first-order valence-corrected chi connectivity index (χ1v) is 5.71. The van der Waals surface area contributed by atoms with Gasteiger partial charge in [-0.25, -0.2) is 4.98 Å². The fourth-order valence-corrected chi connectivity index (χ4v) is 2.06. The van der Waals surface area contributed by atoms with Crippen molar-refractivity contribution < 1.29 is 4.74 Å². The fourth-order valence-electron chi connectivity index (χ4n) is 1.50.